The summed E-state index contributed by atoms with van der Waals surface area (Å²) in [6.45, 7) is 6.24. The van der Waals surface area contributed by atoms with E-state index >= 15 is 0 Å². The minimum Gasteiger partial charge on any atom is -0.468 e. The van der Waals surface area contributed by atoms with Crippen LogP contribution < -0.4 is 0 Å². The van der Waals surface area contributed by atoms with E-state index in [0.29, 0.717) is 11.5 Å². The van der Waals surface area contributed by atoms with Crippen molar-refractivity contribution < 1.29 is 9.15 Å². The summed E-state index contributed by atoms with van der Waals surface area (Å²) < 4.78 is 11.1. The minimum atomic E-state index is 0.440. The number of piperidine rings is 1. The number of furan rings is 1. The average Bonchev–Trinajstić information content (AvgIpc) is 3.27. The van der Waals surface area contributed by atoms with E-state index in [1.807, 2.05) is 25.6 Å². The van der Waals surface area contributed by atoms with Crippen LogP contribution in [0.25, 0.3) is 0 Å². The van der Waals surface area contributed by atoms with Gasteiger partial charge in [-0.3, -0.25) is 14.8 Å². The smallest absolute Gasteiger partial charge is 0.117 e. The maximum Gasteiger partial charge on any atom is 0.117 e. The van der Waals surface area contributed by atoms with E-state index in [1.165, 1.54) is 31.4 Å². The number of rotatable bonds is 6. The van der Waals surface area contributed by atoms with Gasteiger partial charge in [-0.2, -0.15) is 0 Å². The van der Waals surface area contributed by atoms with Gasteiger partial charge in [-0.25, -0.2) is 0 Å². The fraction of sp³-hybridized carbons (Fsp3) is 0.571. The normalized spacial score (nSPS) is 23.7. The van der Waals surface area contributed by atoms with E-state index in [1.54, 1.807) is 6.26 Å². The Hall–Kier alpha value is -1.69. The second-order valence-corrected chi connectivity index (χ2v) is 7.93. The summed E-state index contributed by atoms with van der Waals surface area (Å²) in [5.41, 5.74) is 1.78. The van der Waals surface area contributed by atoms with E-state index in [-0.39, 0.29) is 0 Å². The van der Waals surface area contributed by atoms with Crippen LogP contribution in [0.4, 0.5) is 0 Å². The third-order valence-electron chi connectivity index (χ3n) is 6.09. The molecule has 0 amide bonds. The number of hydrogen-bond acceptors (Lipinski definition) is 5. The van der Waals surface area contributed by atoms with Gasteiger partial charge in [0.25, 0.3) is 0 Å². The lowest BCUT2D eigenvalue weighted by molar-refractivity contribution is 0.0966. The molecule has 2 aromatic heterocycles. The van der Waals surface area contributed by atoms with Crippen LogP contribution >= 0.6 is 0 Å². The molecule has 0 radical (unpaired) electrons. The summed E-state index contributed by atoms with van der Waals surface area (Å²) in [6, 6.07) is 8.82. The molecule has 0 bridgehead atoms. The Morgan fingerprint density at radius 1 is 1.19 bits per heavy atom. The van der Waals surface area contributed by atoms with Crippen molar-refractivity contribution >= 4 is 0 Å². The Kier molecular flexibility index (Phi) is 5.38. The zero-order valence-corrected chi connectivity index (χ0v) is 15.6. The van der Waals surface area contributed by atoms with Gasteiger partial charge in [0.2, 0.25) is 0 Å². The summed E-state index contributed by atoms with van der Waals surface area (Å²) in [5.74, 6) is 1.07. The van der Waals surface area contributed by atoms with Crippen molar-refractivity contribution in [1.29, 1.82) is 0 Å². The summed E-state index contributed by atoms with van der Waals surface area (Å²) in [6.07, 6.45) is 9.32. The molecule has 2 saturated heterocycles. The fourth-order valence-corrected chi connectivity index (χ4v) is 4.69. The first-order valence-electron chi connectivity index (χ1n) is 9.63. The van der Waals surface area contributed by atoms with Crippen LogP contribution in [-0.4, -0.2) is 54.2 Å². The molecule has 2 aliphatic rings. The standard InChI is InChI=1S/C21H29N3O2/c1-25-16-19-13-21(17-24(19)14-18-4-8-22-9-5-18)6-10-23(11-7-21)15-20-3-2-12-26-20/h2-5,8-9,12,19H,6-7,10-11,13-17H2,1H3/t19-/m0/s1. The van der Waals surface area contributed by atoms with Crippen LogP contribution in [-0.2, 0) is 17.8 Å². The molecule has 0 aliphatic carbocycles. The van der Waals surface area contributed by atoms with Crippen molar-refractivity contribution in [1.82, 2.24) is 14.8 Å². The van der Waals surface area contributed by atoms with Crippen molar-refractivity contribution in [2.24, 2.45) is 5.41 Å². The zero-order valence-electron chi connectivity index (χ0n) is 15.6. The van der Waals surface area contributed by atoms with E-state index in [9.17, 15) is 0 Å². The molecule has 2 aromatic rings. The van der Waals surface area contributed by atoms with Crippen molar-refractivity contribution in [2.75, 3.05) is 33.4 Å². The highest BCUT2D eigenvalue weighted by Gasteiger charge is 2.45. The lowest BCUT2D eigenvalue weighted by atomic mass is 9.76. The largest absolute Gasteiger partial charge is 0.468 e. The molecule has 140 valence electrons. The molecular weight excluding hydrogens is 326 g/mol. The number of likely N-dealkylation sites (tertiary alicyclic amines) is 2. The number of methoxy groups -OCH3 is 1. The van der Waals surface area contributed by atoms with Crippen LogP contribution in [0.3, 0.4) is 0 Å². The van der Waals surface area contributed by atoms with Crippen LogP contribution in [0.15, 0.2) is 47.3 Å². The topological polar surface area (TPSA) is 41.7 Å². The third kappa shape index (κ3) is 4.00. The number of ether oxygens (including phenoxy) is 1. The molecule has 0 unspecified atom stereocenters. The quantitative estimate of drug-likeness (QED) is 0.796. The lowest BCUT2D eigenvalue weighted by Gasteiger charge is -2.39. The van der Waals surface area contributed by atoms with Gasteiger partial charge >= 0.3 is 0 Å². The fourth-order valence-electron chi connectivity index (χ4n) is 4.69. The molecular formula is C21H29N3O2. The van der Waals surface area contributed by atoms with Crippen LogP contribution in [0.1, 0.15) is 30.6 Å². The lowest BCUT2D eigenvalue weighted by Crippen LogP contribution is -2.41. The monoisotopic (exact) mass is 355 g/mol. The molecule has 1 spiro atoms. The predicted molar refractivity (Wildman–Crippen MR) is 101 cm³/mol. The van der Waals surface area contributed by atoms with Crippen molar-refractivity contribution in [3.63, 3.8) is 0 Å². The van der Waals surface area contributed by atoms with Crippen molar-refractivity contribution in [3.8, 4) is 0 Å². The average molecular weight is 355 g/mol. The van der Waals surface area contributed by atoms with Gasteiger partial charge in [-0.05, 0) is 67.6 Å². The van der Waals surface area contributed by atoms with Gasteiger partial charge in [0.15, 0.2) is 0 Å². The highest BCUT2D eigenvalue weighted by molar-refractivity contribution is 5.11. The van der Waals surface area contributed by atoms with Gasteiger partial charge in [0.1, 0.15) is 5.76 Å². The molecule has 0 N–H and O–H groups in total. The van der Waals surface area contributed by atoms with Crippen molar-refractivity contribution in [3.05, 3.63) is 54.2 Å². The Labute approximate surface area is 156 Å². The second-order valence-electron chi connectivity index (χ2n) is 7.93. The van der Waals surface area contributed by atoms with Crippen LogP contribution in [0, 0.1) is 5.41 Å². The number of aromatic nitrogens is 1. The van der Waals surface area contributed by atoms with E-state index in [2.05, 4.69) is 33.0 Å². The highest BCUT2D eigenvalue weighted by Crippen LogP contribution is 2.44. The molecule has 26 heavy (non-hydrogen) atoms. The summed E-state index contributed by atoms with van der Waals surface area (Å²) in [7, 11) is 1.82. The van der Waals surface area contributed by atoms with Gasteiger partial charge < -0.3 is 9.15 Å². The molecule has 0 aromatic carbocycles. The SMILES string of the molecule is COC[C@@H]1CC2(CCN(Cc3ccco3)CC2)CN1Cc1ccncc1. The van der Waals surface area contributed by atoms with Crippen LogP contribution in [0.2, 0.25) is 0 Å². The molecule has 4 rings (SSSR count). The van der Waals surface area contributed by atoms with E-state index in [0.717, 1.165) is 38.5 Å². The van der Waals surface area contributed by atoms with Gasteiger partial charge in [0, 0.05) is 38.6 Å². The van der Waals surface area contributed by atoms with E-state index in [4.69, 9.17) is 9.15 Å². The molecule has 5 nitrogen and oxygen atoms in total. The minimum absolute atomic E-state index is 0.440. The zero-order chi connectivity index (χ0) is 17.8. The maximum atomic E-state index is 5.54. The summed E-state index contributed by atoms with van der Waals surface area (Å²) in [4.78, 5) is 9.30. The maximum absolute atomic E-state index is 5.54. The highest BCUT2D eigenvalue weighted by atomic mass is 16.5. The molecule has 1 atom stereocenters. The van der Waals surface area contributed by atoms with E-state index < -0.39 is 0 Å². The first-order valence-corrected chi connectivity index (χ1v) is 9.63. The molecule has 0 saturated carbocycles. The summed E-state index contributed by atoms with van der Waals surface area (Å²) in [5, 5.41) is 0. The van der Waals surface area contributed by atoms with Gasteiger partial charge in [-0.1, -0.05) is 0 Å². The van der Waals surface area contributed by atoms with Crippen LogP contribution in [0.5, 0.6) is 0 Å². The Morgan fingerprint density at radius 3 is 2.69 bits per heavy atom. The van der Waals surface area contributed by atoms with Gasteiger partial charge in [-0.15, -0.1) is 0 Å². The number of hydrogen-bond donors (Lipinski definition) is 0. The summed E-state index contributed by atoms with van der Waals surface area (Å²) >= 11 is 0. The van der Waals surface area contributed by atoms with Gasteiger partial charge in [0.05, 0.1) is 19.4 Å². The number of nitrogens with zero attached hydrogens (tertiary/aromatic N) is 3. The Morgan fingerprint density at radius 2 is 2.00 bits per heavy atom. The first-order chi connectivity index (χ1) is 12.8. The molecule has 2 aliphatic heterocycles. The molecule has 5 heteroatoms. The third-order valence-corrected chi connectivity index (χ3v) is 6.09. The first kappa shape index (κ1) is 17.7. The Balaban J connectivity index is 1.38. The van der Waals surface area contributed by atoms with Crippen molar-refractivity contribution in [2.45, 2.75) is 38.4 Å². The number of pyridine rings is 1. The predicted octanol–water partition coefficient (Wildman–Crippen LogP) is 3.18. The second kappa shape index (κ2) is 7.91. The molecule has 2 fully saturated rings. The molecule has 4 heterocycles. The Bertz CT molecular complexity index is 666.